The summed E-state index contributed by atoms with van der Waals surface area (Å²) >= 11 is 1.66. The number of thiophene rings is 1. The molecule has 0 saturated heterocycles. The quantitative estimate of drug-likeness (QED) is 0.724. The maximum Gasteiger partial charge on any atom is 0.212 e. The van der Waals surface area contributed by atoms with Gasteiger partial charge in [-0.05, 0) is 41.0 Å². The second-order valence-electron chi connectivity index (χ2n) is 6.71. The van der Waals surface area contributed by atoms with E-state index < -0.39 is 0 Å². The van der Waals surface area contributed by atoms with Crippen LogP contribution in [0.1, 0.15) is 44.5 Å². The molecule has 3 heterocycles. The first kappa shape index (κ1) is 16.4. The fraction of sp³-hybridized carbons (Fsp3) is 0.278. The summed E-state index contributed by atoms with van der Waals surface area (Å²) in [6.07, 6.45) is 4.45. The van der Waals surface area contributed by atoms with E-state index in [1.54, 1.807) is 22.0 Å². The van der Waals surface area contributed by atoms with Crippen molar-refractivity contribution in [3.8, 4) is 0 Å². The molecular weight excluding hydrogens is 320 g/mol. The van der Waals surface area contributed by atoms with Crippen molar-refractivity contribution >= 4 is 40.9 Å². The van der Waals surface area contributed by atoms with Gasteiger partial charge in [0.05, 0.1) is 5.69 Å². The van der Waals surface area contributed by atoms with Crippen LogP contribution in [0.25, 0.3) is 17.3 Å². The van der Waals surface area contributed by atoms with Crippen molar-refractivity contribution in [2.45, 2.75) is 33.1 Å². The lowest BCUT2D eigenvalue weighted by Gasteiger charge is -2.13. The molecule has 0 aliphatic rings. The molecule has 3 rings (SSSR count). The standard InChI is InChI=1S/C18H20N4OS/c1-12(13-5-6-24-10-13)7-14-9-19-16-8-15(18(2,3)4)21-22(16)17(14)20-11-23/h5-11H,1-4H3,(H,20,23). The molecule has 0 bridgehead atoms. The van der Waals surface area contributed by atoms with E-state index in [1.165, 1.54) is 0 Å². The first-order valence-electron chi connectivity index (χ1n) is 7.70. The average Bonchev–Trinajstić information content (AvgIpc) is 3.17. The van der Waals surface area contributed by atoms with E-state index in [4.69, 9.17) is 0 Å². The monoisotopic (exact) mass is 340 g/mol. The third-order valence-corrected chi connectivity index (χ3v) is 4.51. The number of nitrogens with one attached hydrogen (secondary N) is 1. The molecule has 0 unspecified atom stereocenters. The Balaban J connectivity index is 2.16. The van der Waals surface area contributed by atoms with Crippen molar-refractivity contribution in [3.63, 3.8) is 0 Å². The zero-order valence-electron chi connectivity index (χ0n) is 14.2. The first-order chi connectivity index (χ1) is 11.4. The SMILES string of the molecule is CC(=Cc1cnc2cc(C(C)(C)C)nn2c1NC=O)c1ccsc1. The van der Waals surface area contributed by atoms with Gasteiger partial charge in [0.25, 0.3) is 0 Å². The minimum absolute atomic E-state index is 0.0885. The molecular formula is C18H20N4OS. The van der Waals surface area contributed by atoms with Crippen LogP contribution in [0.4, 0.5) is 5.82 Å². The summed E-state index contributed by atoms with van der Waals surface area (Å²) in [5.41, 5.74) is 4.65. The summed E-state index contributed by atoms with van der Waals surface area (Å²) in [5.74, 6) is 0.625. The number of anilines is 1. The molecule has 6 heteroatoms. The molecule has 0 aromatic carbocycles. The van der Waals surface area contributed by atoms with Gasteiger partial charge >= 0.3 is 0 Å². The molecule has 0 saturated carbocycles. The maximum atomic E-state index is 11.1. The Kier molecular flexibility index (Phi) is 4.24. The number of amides is 1. The summed E-state index contributed by atoms with van der Waals surface area (Å²) in [6, 6.07) is 4.02. The fourth-order valence-corrected chi connectivity index (χ4v) is 3.14. The molecule has 0 aliphatic carbocycles. The number of nitrogens with zero attached hydrogens (tertiary/aromatic N) is 3. The smallest absolute Gasteiger partial charge is 0.212 e. The van der Waals surface area contributed by atoms with Gasteiger partial charge in [-0.15, -0.1) is 0 Å². The summed E-state index contributed by atoms with van der Waals surface area (Å²) in [7, 11) is 0. The van der Waals surface area contributed by atoms with Crippen LogP contribution < -0.4 is 5.32 Å². The number of hydrogen-bond donors (Lipinski definition) is 1. The second-order valence-corrected chi connectivity index (χ2v) is 7.49. The fourth-order valence-electron chi connectivity index (χ4n) is 2.42. The van der Waals surface area contributed by atoms with E-state index >= 15 is 0 Å². The first-order valence-corrected chi connectivity index (χ1v) is 8.65. The Morgan fingerprint density at radius 2 is 2.17 bits per heavy atom. The van der Waals surface area contributed by atoms with Gasteiger partial charge in [0.1, 0.15) is 5.82 Å². The average molecular weight is 340 g/mol. The highest BCUT2D eigenvalue weighted by Gasteiger charge is 2.20. The van der Waals surface area contributed by atoms with Crippen molar-refractivity contribution in [1.82, 2.24) is 14.6 Å². The van der Waals surface area contributed by atoms with Crippen LogP contribution in [0, 0.1) is 0 Å². The van der Waals surface area contributed by atoms with Gasteiger partial charge < -0.3 is 5.32 Å². The minimum atomic E-state index is -0.0885. The van der Waals surface area contributed by atoms with Crippen molar-refractivity contribution < 1.29 is 4.79 Å². The predicted molar refractivity (Wildman–Crippen MR) is 99.2 cm³/mol. The van der Waals surface area contributed by atoms with E-state index in [0.717, 1.165) is 28.0 Å². The van der Waals surface area contributed by atoms with Gasteiger partial charge in [0.15, 0.2) is 5.65 Å². The molecule has 0 aliphatic heterocycles. The summed E-state index contributed by atoms with van der Waals surface area (Å²) in [6.45, 7) is 8.34. The topological polar surface area (TPSA) is 59.3 Å². The zero-order valence-corrected chi connectivity index (χ0v) is 15.0. The number of carbonyl (C=O) groups excluding carboxylic acids is 1. The summed E-state index contributed by atoms with van der Waals surface area (Å²) < 4.78 is 1.70. The molecule has 24 heavy (non-hydrogen) atoms. The Morgan fingerprint density at radius 1 is 1.38 bits per heavy atom. The van der Waals surface area contributed by atoms with E-state index in [0.29, 0.717) is 12.2 Å². The third-order valence-electron chi connectivity index (χ3n) is 3.82. The number of carbonyl (C=O) groups is 1. The molecule has 1 N–H and O–H groups in total. The van der Waals surface area contributed by atoms with Crippen molar-refractivity contribution in [2.75, 3.05) is 5.32 Å². The molecule has 1 amide bonds. The highest BCUT2D eigenvalue weighted by Crippen LogP contribution is 2.27. The van der Waals surface area contributed by atoms with Crippen LogP contribution in [0.15, 0.2) is 29.1 Å². The van der Waals surface area contributed by atoms with Crippen LogP contribution >= 0.6 is 11.3 Å². The molecule has 124 valence electrons. The van der Waals surface area contributed by atoms with E-state index in [9.17, 15) is 4.79 Å². The lowest BCUT2D eigenvalue weighted by molar-refractivity contribution is -0.105. The van der Waals surface area contributed by atoms with Gasteiger partial charge in [-0.25, -0.2) is 4.98 Å². The van der Waals surface area contributed by atoms with Crippen LogP contribution in [-0.2, 0) is 10.2 Å². The van der Waals surface area contributed by atoms with E-state index in [1.807, 2.05) is 24.4 Å². The van der Waals surface area contributed by atoms with Crippen molar-refractivity contribution in [3.05, 3.63) is 45.9 Å². The van der Waals surface area contributed by atoms with Crippen molar-refractivity contribution in [2.24, 2.45) is 0 Å². The second kappa shape index (κ2) is 6.20. The van der Waals surface area contributed by atoms with Gasteiger partial charge in [0.2, 0.25) is 6.41 Å². The molecule has 3 aromatic rings. The largest absolute Gasteiger partial charge is 0.313 e. The summed E-state index contributed by atoms with van der Waals surface area (Å²) in [4.78, 5) is 15.6. The van der Waals surface area contributed by atoms with Gasteiger partial charge in [-0.2, -0.15) is 21.0 Å². The lowest BCUT2D eigenvalue weighted by atomic mass is 9.93. The molecule has 0 spiro atoms. The highest BCUT2D eigenvalue weighted by atomic mass is 32.1. The zero-order chi connectivity index (χ0) is 17.3. The molecule has 3 aromatic heterocycles. The van der Waals surface area contributed by atoms with E-state index in [2.05, 4.69) is 47.6 Å². The molecule has 5 nitrogen and oxygen atoms in total. The highest BCUT2D eigenvalue weighted by molar-refractivity contribution is 7.08. The number of hydrogen-bond acceptors (Lipinski definition) is 4. The predicted octanol–water partition coefficient (Wildman–Crippen LogP) is 4.22. The Bertz CT molecular complexity index is 901. The van der Waals surface area contributed by atoms with Crippen LogP contribution in [0.2, 0.25) is 0 Å². The molecule has 0 atom stereocenters. The maximum absolute atomic E-state index is 11.1. The van der Waals surface area contributed by atoms with Crippen LogP contribution in [0.5, 0.6) is 0 Å². The van der Waals surface area contributed by atoms with Crippen molar-refractivity contribution in [1.29, 1.82) is 0 Å². The normalized spacial score (nSPS) is 12.6. The number of fused-ring (bicyclic) bond motifs is 1. The van der Waals surface area contributed by atoms with Crippen LogP contribution in [-0.4, -0.2) is 21.0 Å². The molecule has 0 radical (unpaired) electrons. The van der Waals surface area contributed by atoms with Gasteiger partial charge in [-0.3, -0.25) is 4.79 Å². The summed E-state index contributed by atoms with van der Waals surface area (Å²) in [5, 5.41) is 11.5. The third kappa shape index (κ3) is 3.10. The number of rotatable bonds is 4. The number of aromatic nitrogens is 3. The lowest BCUT2D eigenvalue weighted by Crippen LogP contribution is -2.12. The Labute approximate surface area is 145 Å². The van der Waals surface area contributed by atoms with Gasteiger partial charge in [0, 0.05) is 23.2 Å². The minimum Gasteiger partial charge on any atom is -0.313 e. The number of allylic oxidation sites excluding steroid dienone is 1. The van der Waals surface area contributed by atoms with Crippen LogP contribution in [0.3, 0.4) is 0 Å². The Hall–Kier alpha value is -2.47. The van der Waals surface area contributed by atoms with E-state index in [-0.39, 0.29) is 5.41 Å². The Morgan fingerprint density at radius 3 is 2.79 bits per heavy atom. The molecule has 0 fully saturated rings. The van der Waals surface area contributed by atoms with Gasteiger partial charge in [-0.1, -0.05) is 20.8 Å².